The SMILES string of the molecule is O=C(NN=Cc1cc(Br)ccc1OCc1ccccc1F)c1cc(O)ccc1O. The Morgan fingerprint density at radius 2 is 1.93 bits per heavy atom. The fraction of sp³-hybridized carbons (Fsp3) is 0.0476. The van der Waals surface area contributed by atoms with Crippen LogP contribution in [0.15, 0.2) is 70.2 Å². The minimum atomic E-state index is -0.696. The van der Waals surface area contributed by atoms with Crippen molar-refractivity contribution in [2.75, 3.05) is 0 Å². The molecule has 3 rings (SSSR count). The van der Waals surface area contributed by atoms with Crippen molar-refractivity contribution in [1.29, 1.82) is 0 Å². The third-order valence-electron chi connectivity index (χ3n) is 3.91. The fourth-order valence-electron chi connectivity index (χ4n) is 2.45. The maximum Gasteiger partial charge on any atom is 0.275 e. The first-order chi connectivity index (χ1) is 13.9. The first kappa shape index (κ1) is 20.3. The predicted octanol–water partition coefficient (Wildman–Crippen LogP) is 4.34. The van der Waals surface area contributed by atoms with Crippen molar-refractivity contribution in [1.82, 2.24) is 5.43 Å². The number of carbonyl (C=O) groups excluding carboxylic acids is 1. The Kier molecular flexibility index (Phi) is 6.46. The second kappa shape index (κ2) is 9.20. The zero-order valence-corrected chi connectivity index (χ0v) is 16.6. The molecule has 6 nitrogen and oxygen atoms in total. The van der Waals surface area contributed by atoms with Crippen molar-refractivity contribution in [2.45, 2.75) is 6.61 Å². The lowest BCUT2D eigenvalue weighted by atomic mass is 10.2. The standard InChI is InChI=1S/C21H16BrFN2O4/c22-15-5-8-20(29-12-13-3-1-2-4-18(13)23)14(9-15)11-24-25-21(28)17-10-16(26)6-7-19(17)27/h1-11,26-27H,12H2,(H,25,28). The molecule has 0 bridgehead atoms. The Morgan fingerprint density at radius 1 is 1.14 bits per heavy atom. The Balaban J connectivity index is 1.73. The lowest BCUT2D eigenvalue weighted by molar-refractivity contribution is 0.0952. The normalized spacial score (nSPS) is 10.8. The summed E-state index contributed by atoms with van der Waals surface area (Å²) in [5.74, 6) is -1.06. The molecule has 0 unspecified atom stereocenters. The number of nitrogens with zero attached hydrogens (tertiary/aromatic N) is 1. The van der Waals surface area contributed by atoms with E-state index in [9.17, 15) is 19.4 Å². The quantitative estimate of drug-likeness (QED) is 0.291. The van der Waals surface area contributed by atoms with Crippen molar-refractivity contribution in [3.63, 3.8) is 0 Å². The van der Waals surface area contributed by atoms with Gasteiger partial charge in [-0.2, -0.15) is 5.10 Å². The van der Waals surface area contributed by atoms with Gasteiger partial charge in [0.15, 0.2) is 0 Å². The van der Waals surface area contributed by atoms with E-state index in [1.54, 1.807) is 36.4 Å². The first-order valence-electron chi connectivity index (χ1n) is 8.45. The number of nitrogens with one attached hydrogen (secondary N) is 1. The Bertz CT molecular complexity index is 1070. The zero-order chi connectivity index (χ0) is 20.8. The molecule has 0 aromatic heterocycles. The van der Waals surface area contributed by atoms with E-state index in [1.807, 2.05) is 0 Å². The van der Waals surface area contributed by atoms with Gasteiger partial charge in [-0.1, -0.05) is 34.1 Å². The number of hydrogen-bond donors (Lipinski definition) is 3. The van der Waals surface area contributed by atoms with Gasteiger partial charge >= 0.3 is 0 Å². The number of rotatable bonds is 6. The maximum atomic E-state index is 13.8. The van der Waals surface area contributed by atoms with Crippen LogP contribution >= 0.6 is 15.9 Å². The molecule has 0 radical (unpaired) electrons. The molecule has 3 aromatic carbocycles. The summed E-state index contributed by atoms with van der Waals surface area (Å²) in [6, 6.07) is 15.1. The van der Waals surface area contributed by atoms with Crippen molar-refractivity contribution >= 4 is 28.1 Å². The molecule has 3 N–H and O–H groups in total. The third-order valence-corrected chi connectivity index (χ3v) is 4.40. The van der Waals surface area contributed by atoms with Crippen LogP contribution in [-0.4, -0.2) is 22.3 Å². The molecule has 0 aliphatic rings. The fourth-order valence-corrected chi connectivity index (χ4v) is 2.83. The summed E-state index contributed by atoms with van der Waals surface area (Å²) < 4.78 is 20.2. The molecule has 0 atom stereocenters. The van der Waals surface area contributed by atoms with E-state index >= 15 is 0 Å². The van der Waals surface area contributed by atoms with Gasteiger partial charge in [-0.05, 0) is 42.5 Å². The average molecular weight is 459 g/mol. The predicted molar refractivity (Wildman–Crippen MR) is 110 cm³/mol. The molecule has 0 spiro atoms. The summed E-state index contributed by atoms with van der Waals surface area (Å²) >= 11 is 3.35. The van der Waals surface area contributed by atoms with E-state index in [0.717, 1.165) is 10.5 Å². The minimum Gasteiger partial charge on any atom is -0.508 e. The number of benzene rings is 3. The zero-order valence-electron chi connectivity index (χ0n) is 15.0. The number of phenols is 2. The lowest BCUT2D eigenvalue weighted by Crippen LogP contribution is -2.17. The van der Waals surface area contributed by atoms with Crippen LogP contribution in [0.1, 0.15) is 21.5 Å². The van der Waals surface area contributed by atoms with E-state index in [-0.39, 0.29) is 29.5 Å². The van der Waals surface area contributed by atoms with Crippen LogP contribution in [-0.2, 0) is 6.61 Å². The lowest BCUT2D eigenvalue weighted by Gasteiger charge is -2.10. The third kappa shape index (κ3) is 5.32. The van der Waals surface area contributed by atoms with Gasteiger partial charge in [-0.25, -0.2) is 9.82 Å². The van der Waals surface area contributed by atoms with Crippen LogP contribution < -0.4 is 10.2 Å². The molecular formula is C21H16BrFN2O4. The van der Waals surface area contributed by atoms with Gasteiger partial charge in [0.1, 0.15) is 29.7 Å². The Hall–Kier alpha value is -3.39. The van der Waals surface area contributed by atoms with Gasteiger partial charge in [0.2, 0.25) is 0 Å². The number of ether oxygens (including phenoxy) is 1. The summed E-state index contributed by atoms with van der Waals surface area (Å²) in [5.41, 5.74) is 3.10. The van der Waals surface area contributed by atoms with Crippen molar-refractivity contribution in [2.24, 2.45) is 5.10 Å². The molecule has 8 heteroatoms. The summed E-state index contributed by atoms with van der Waals surface area (Å²) in [5, 5.41) is 23.0. The number of hydrazone groups is 1. The molecule has 3 aromatic rings. The summed E-state index contributed by atoms with van der Waals surface area (Å²) in [6.07, 6.45) is 1.36. The van der Waals surface area contributed by atoms with Gasteiger partial charge in [-0.15, -0.1) is 0 Å². The van der Waals surface area contributed by atoms with Crippen LogP contribution in [0.2, 0.25) is 0 Å². The van der Waals surface area contributed by atoms with E-state index in [0.29, 0.717) is 16.9 Å². The summed E-state index contributed by atoms with van der Waals surface area (Å²) in [7, 11) is 0. The highest BCUT2D eigenvalue weighted by molar-refractivity contribution is 9.10. The molecule has 0 heterocycles. The van der Waals surface area contributed by atoms with Gasteiger partial charge in [0, 0.05) is 15.6 Å². The molecule has 0 saturated heterocycles. The number of phenolic OH excluding ortho intramolecular Hbond substituents is 2. The van der Waals surface area contributed by atoms with Crippen molar-refractivity contribution < 1.29 is 24.1 Å². The highest BCUT2D eigenvalue weighted by Gasteiger charge is 2.11. The monoisotopic (exact) mass is 458 g/mol. The summed E-state index contributed by atoms with van der Waals surface area (Å²) in [4.78, 5) is 12.1. The van der Waals surface area contributed by atoms with E-state index in [4.69, 9.17) is 4.74 Å². The van der Waals surface area contributed by atoms with Crippen LogP contribution in [0.4, 0.5) is 4.39 Å². The number of hydrogen-bond acceptors (Lipinski definition) is 5. The first-order valence-corrected chi connectivity index (χ1v) is 9.24. The van der Waals surface area contributed by atoms with Crippen molar-refractivity contribution in [3.8, 4) is 17.2 Å². The van der Waals surface area contributed by atoms with Crippen LogP contribution in [0.25, 0.3) is 0 Å². The molecule has 0 saturated carbocycles. The van der Waals surface area contributed by atoms with Gasteiger partial charge in [0.25, 0.3) is 5.91 Å². The molecule has 0 aliphatic carbocycles. The largest absolute Gasteiger partial charge is 0.508 e. The van der Waals surface area contributed by atoms with E-state index in [1.165, 1.54) is 24.4 Å². The van der Waals surface area contributed by atoms with Crippen LogP contribution in [0.5, 0.6) is 17.2 Å². The van der Waals surface area contributed by atoms with Gasteiger partial charge < -0.3 is 14.9 Å². The molecule has 1 amide bonds. The van der Waals surface area contributed by atoms with Crippen LogP contribution in [0, 0.1) is 5.82 Å². The number of amides is 1. The average Bonchev–Trinajstić information content (AvgIpc) is 2.70. The second-order valence-corrected chi connectivity index (χ2v) is 6.88. The number of halogens is 2. The van der Waals surface area contributed by atoms with Gasteiger partial charge in [0.05, 0.1) is 11.8 Å². The highest BCUT2D eigenvalue weighted by Crippen LogP contribution is 2.24. The molecule has 0 aliphatic heterocycles. The molecule has 0 fully saturated rings. The minimum absolute atomic E-state index is 0.0265. The summed E-state index contributed by atoms with van der Waals surface area (Å²) in [6.45, 7) is 0.0265. The number of carbonyl (C=O) groups is 1. The molecular weight excluding hydrogens is 443 g/mol. The van der Waals surface area contributed by atoms with Crippen molar-refractivity contribution in [3.05, 3.63) is 87.6 Å². The maximum absolute atomic E-state index is 13.8. The van der Waals surface area contributed by atoms with Crippen LogP contribution in [0.3, 0.4) is 0 Å². The Morgan fingerprint density at radius 3 is 2.72 bits per heavy atom. The number of aromatic hydroxyl groups is 2. The Labute approximate surface area is 174 Å². The topological polar surface area (TPSA) is 91.2 Å². The highest BCUT2D eigenvalue weighted by atomic mass is 79.9. The van der Waals surface area contributed by atoms with E-state index < -0.39 is 5.91 Å². The smallest absolute Gasteiger partial charge is 0.275 e. The molecule has 148 valence electrons. The second-order valence-electron chi connectivity index (χ2n) is 5.96. The van der Waals surface area contributed by atoms with Gasteiger partial charge in [-0.3, -0.25) is 4.79 Å². The molecule has 29 heavy (non-hydrogen) atoms. The van der Waals surface area contributed by atoms with E-state index in [2.05, 4.69) is 26.5 Å².